The molecule has 3 nitrogen and oxygen atoms in total. The fourth-order valence-electron chi connectivity index (χ4n) is 0.811. The van der Waals surface area contributed by atoms with E-state index in [1.165, 1.54) is 19.1 Å². The highest BCUT2D eigenvalue weighted by Gasteiger charge is 2.08. The van der Waals surface area contributed by atoms with Crippen molar-refractivity contribution in [2.45, 2.75) is 6.92 Å². The Kier molecular flexibility index (Phi) is 3.49. The molecule has 0 saturated heterocycles. The molecule has 0 radical (unpaired) electrons. The Morgan fingerprint density at radius 1 is 1.50 bits per heavy atom. The van der Waals surface area contributed by atoms with Crippen molar-refractivity contribution in [3.05, 3.63) is 28.5 Å². The Labute approximate surface area is 90.5 Å². The second-order valence-corrected chi connectivity index (χ2v) is 5.50. The van der Waals surface area contributed by atoms with Gasteiger partial charge in [-0.3, -0.25) is 4.72 Å². The van der Waals surface area contributed by atoms with Gasteiger partial charge in [-0.2, -0.15) is 0 Å². The van der Waals surface area contributed by atoms with Gasteiger partial charge in [0.25, 0.3) is 0 Å². The molecule has 0 spiro atoms. The van der Waals surface area contributed by atoms with E-state index < -0.39 is 15.8 Å². The van der Waals surface area contributed by atoms with Gasteiger partial charge in [0, 0.05) is 0 Å². The van der Waals surface area contributed by atoms with E-state index in [1.54, 1.807) is 0 Å². The predicted molar refractivity (Wildman–Crippen MR) is 57.2 cm³/mol. The van der Waals surface area contributed by atoms with E-state index in [0.717, 1.165) is 6.07 Å². The summed E-state index contributed by atoms with van der Waals surface area (Å²) < 4.78 is 37.8. The van der Waals surface area contributed by atoms with E-state index in [0.29, 0.717) is 4.47 Å². The number of nitrogens with one attached hydrogen (secondary N) is 1. The van der Waals surface area contributed by atoms with E-state index in [9.17, 15) is 12.8 Å². The van der Waals surface area contributed by atoms with Gasteiger partial charge in [-0.15, -0.1) is 0 Å². The summed E-state index contributed by atoms with van der Waals surface area (Å²) in [4.78, 5) is 0. The molecular formula is C8H9BrFNO2S. The molecule has 0 heterocycles. The minimum Gasteiger partial charge on any atom is -0.283 e. The van der Waals surface area contributed by atoms with E-state index >= 15 is 0 Å². The maximum Gasteiger partial charge on any atom is 0.232 e. The Balaban J connectivity index is 2.94. The molecular weight excluding hydrogens is 273 g/mol. The maximum absolute atomic E-state index is 13.0. The normalized spacial score (nSPS) is 11.4. The molecule has 14 heavy (non-hydrogen) atoms. The molecule has 0 aromatic heterocycles. The average molecular weight is 282 g/mol. The summed E-state index contributed by atoms with van der Waals surface area (Å²) >= 11 is 2.97. The standard InChI is InChI=1S/C8H9BrFNO2S/c1-2-14(12,13)11-6-3-4-7(9)8(10)5-6/h3-5,11H,2H2,1H3. The van der Waals surface area contributed by atoms with Crippen molar-refractivity contribution in [1.82, 2.24) is 0 Å². The van der Waals surface area contributed by atoms with Crippen molar-refractivity contribution >= 4 is 31.6 Å². The number of hydrogen-bond acceptors (Lipinski definition) is 2. The van der Waals surface area contributed by atoms with Gasteiger partial charge in [-0.05, 0) is 41.1 Å². The molecule has 0 saturated carbocycles. The molecule has 0 amide bonds. The molecule has 1 aromatic carbocycles. The van der Waals surface area contributed by atoms with Gasteiger partial charge in [-0.25, -0.2) is 12.8 Å². The SMILES string of the molecule is CCS(=O)(=O)Nc1ccc(Br)c(F)c1. The van der Waals surface area contributed by atoms with Crippen LogP contribution < -0.4 is 4.72 Å². The number of benzene rings is 1. The lowest BCUT2D eigenvalue weighted by Crippen LogP contribution is -2.14. The number of hydrogen-bond donors (Lipinski definition) is 1. The summed E-state index contributed by atoms with van der Waals surface area (Å²) in [6, 6.07) is 4.06. The van der Waals surface area contributed by atoms with Crippen molar-refractivity contribution < 1.29 is 12.8 Å². The first-order valence-corrected chi connectivity index (χ1v) is 6.34. The van der Waals surface area contributed by atoms with Crippen LogP contribution in [0.15, 0.2) is 22.7 Å². The molecule has 78 valence electrons. The molecule has 6 heteroatoms. The van der Waals surface area contributed by atoms with Crippen LogP contribution in [0, 0.1) is 5.82 Å². The van der Waals surface area contributed by atoms with Crippen LogP contribution in [0.4, 0.5) is 10.1 Å². The minimum atomic E-state index is -3.33. The first kappa shape index (κ1) is 11.5. The zero-order valence-corrected chi connectivity index (χ0v) is 9.82. The lowest BCUT2D eigenvalue weighted by molar-refractivity contribution is 0.602. The van der Waals surface area contributed by atoms with E-state index in [1.807, 2.05) is 0 Å². The van der Waals surface area contributed by atoms with Crippen LogP contribution in [0.25, 0.3) is 0 Å². The van der Waals surface area contributed by atoms with Crippen molar-refractivity contribution in [3.8, 4) is 0 Å². The molecule has 0 unspecified atom stereocenters. The van der Waals surface area contributed by atoms with E-state index in [4.69, 9.17) is 0 Å². The molecule has 1 rings (SSSR count). The van der Waals surface area contributed by atoms with Crippen molar-refractivity contribution in [2.24, 2.45) is 0 Å². The highest BCUT2D eigenvalue weighted by atomic mass is 79.9. The second kappa shape index (κ2) is 4.27. The van der Waals surface area contributed by atoms with Gasteiger partial charge in [0.15, 0.2) is 0 Å². The molecule has 1 N–H and O–H groups in total. The zero-order valence-electron chi connectivity index (χ0n) is 7.42. The topological polar surface area (TPSA) is 46.2 Å². The zero-order chi connectivity index (χ0) is 10.8. The predicted octanol–water partition coefficient (Wildman–Crippen LogP) is 2.35. The van der Waals surface area contributed by atoms with Crippen LogP contribution in [0.2, 0.25) is 0 Å². The van der Waals surface area contributed by atoms with Gasteiger partial charge in [0.05, 0.1) is 15.9 Å². The summed E-state index contributed by atoms with van der Waals surface area (Å²) in [5.41, 5.74) is 0.229. The molecule has 0 bridgehead atoms. The summed E-state index contributed by atoms with van der Waals surface area (Å²) in [5.74, 6) is -0.536. The number of sulfonamides is 1. The van der Waals surface area contributed by atoms with Crippen LogP contribution in [-0.2, 0) is 10.0 Å². The van der Waals surface area contributed by atoms with Crippen molar-refractivity contribution in [3.63, 3.8) is 0 Å². The molecule has 0 fully saturated rings. The maximum atomic E-state index is 13.0. The quantitative estimate of drug-likeness (QED) is 0.925. The van der Waals surface area contributed by atoms with Crippen LogP contribution >= 0.6 is 15.9 Å². The number of anilines is 1. The molecule has 0 aliphatic rings. The van der Waals surface area contributed by atoms with Crippen LogP contribution in [-0.4, -0.2) is 14.2 Å². The Morgan fingerprint density at radius 3 is 2.64 bits per heavy atom. The van der Waals surface area contributed by atoms with Gasteiger partial charge in [0.1, 0.15) is 5.82 Å². The highest BCUT2D eigenvalue weighted by Crippen LogP contribution is 2.19. The Hall–Kier alpha value is -0.620. The fourth-order valence-corrected chi connectivity index (χ4v) is 1.69. The van der Waals surface area contributed by atoms with Gasteiger partial charge in [0.2, 0.25) is 10.0 Å². The number of rotatable bonds is 3. The smallest absolute Gasteiger partial charge is 0.232 e. The lowest BCUT2D eigenvalue weighted by atomic mass is 10.3. The summed E-state index contributed by atoms with van der Waals surface area (Å²) in [6.45, 7) is 1.51. The van der Waals surface area contributed by atoms with Gasteiger partial charge >= 0.3 is 0 Å². The van der Waals surface area contributed by atoms with Crippen LogP contribution in [0.1, 0.15) is 6.92 Å². The fraction of sp³-hybridized carbons (Fsp3) is 0.250. The molecule has 0 aliphatic carbocycles. The lowest BCUT2D eigenvalue weighted by Gasteiger charge is -2.05. The Morgan fingerprint density at radius 2 is 2.14 bits per heavy atom. The van der Waals surface area contributed by atoms with Crippen molar-refractivity contribution in [1.29, 1.82) is 0 Å². The summed E-state index contributed by atoms with van der Waals surface area (Å²) in [5, 5.41) is 0. The third-order valence-corrected chi connectivity index (χ3v) is 3.52. The Bertz CT molecular complexity index is 433. The van der Waals surface area contributed by atoms with E-state index in [-0.39, 0.29) is 11.4 Å². The minimum absolute atomic E-state index is 0.0370. The first-order chi connectivity index (χ1) is 6.44. The van der Waals surface area contributed by atoms with E-state index in [2.05, 4.69) is 20.7 Å². The molecule has 0 atom stereocenters. The molecule has 1 aromatic rings. The van der Waals surface area contributed by atoms with Gasteiger partial charge in [-0.1, -0.05) is 0 Å². The largest absolute Gasteiger partial charge is 0.283 e. The van der Waals surface area contributed by atoms with Crippen molar-refractivity contribution in [2.75, 3.05) is 10.5 Å². The summed E-state index contributed by atoms with van der Waals surface area (Å²) in [6.07, 6.45) is 0. The first-order valence-electron chi connectivity index (χ1n) is 3.90. The third-order valence-electron chi connectivity index (χ3n) is 1.57. The third kappa shape index (κ3) is 2.95. The monoisotopic (exact) mass is 281 g/mol. The van der Waals surface area contributed by atoms with Crippen LogP contribution in [0.5, 0.6) is 0 Å². The molecule has 0 aliphatic heterocycles. The van der Waals surface area contributed by atoms with Gasteiger partial charge < -0.3 is 0 Å². The number of halogens is 2. The average Bonchev–Trinajstić information content (AvgIpc) is 2.11. The highest BCUT2D eigenvalue weighted by molar-refractivity contribution is 9.10. The summed E-state index contributed by atoms with van der Waals surface area (Å²) in [7, 11) is -3.33. The van der Waals surface area contributed by atoms with Crippen LogP contribution in [0.3, 0.4) is 0 Å². The second-order valence-electron chi connectivity index (χ2n) is 2.63.